The summed E-state index contributed by atoms with van der Waals surface area (Å²) in [5, 5.41) is 5.91. The third-order valence-corrected chi connectivity index (χ3v) is 6.67. The van der Waals surface area contributed by atoms with Gasteiger partial charge in [-0.25, -0.2) is 23.7 Å². The minimum Gasteiger partial charge on any atom is -0.345 e. The number of hydrogen-bond acceptors (Lipinski definition) is 8. The lowest BCUT2D eigenvalue weighted by Gasteiger charge is -2.35. The minimum atomic E-state index is -0.942. The maximum Gasteiger partial charge on any atom is 0.235 e. The molecule has 0 unspecified atom stereocenters. The molecule has 12 heteroatoms. The first-order valence-electron chi connectivity index (χ1n) is 13.0. The Bertz CT molecular complexity index is 1690. The normalized spacial score (nSPS) is 18.4. The molecule has 0 saturated carbocycles. The number of imidazole rings is 1. The third-order valence-electron chi connectivity index (χ3n) is 6.67. The zero-order chi connectivity index (χ0) is 29.1. The number of halogens is 2. The van der Waals surface area contributed by atoms with E-state index in [1.165, 1.54) is 24.3 Å². The average Bonchev–Trinajstić information content (AvgIpc) is 3.45. The first-order valence-corrected chi connectivity index (χ1v) is 13.0. The van der Waals surface area contributed by atoms with Gasteiger partial charge in [-0.15, -0.1) is 0 Å². The summed E-state index contributed by atoms with van der Waals surface area (Å²) in [5.41, 5.74) is 2.43. The van der Waals surface area contributed by atoms with Gasteiger partial charge >= 0.3 is 0 Å². The Morgan fingerprint density at radius 1 is 0.881 bits per heavy atom. The number of anilines is 3. The van der Waals surface area contributed by atoms with Crippen LogP contribution in [0.25, 0.3) is 22.6 Å². The molecule has 0 radical (unpaired) electrons. The summed E-state index contributed by atoms with van der Waals surface area (Å²) in [7, 11) is 0. The Balaban J connectivity index is 1.26. The Morgan fingerprint density at radius 3 is 2.24 bits per heavy atom. The fraction of sp³-hybridized carbons (Fsp3) is 0.167. The lowest BCUT2D eigenvalue weighted by Crippen LogP contribution is -2.45. The molecule has 3 aromatic heterocycles. The van der Waals surface area contributed by atoms with Crippen molar-refractivity contribution >= 4 is 23.2 Å². The van der Waals surface area contributed by atoms with Gasteiger partial charge in [0.05, 0.1) is 35.7 Å². The summed E-state index contributed by atoms with van der Waals surface area (Å²) in [6, 6.07) is 16.8. The lowest BCUT2D eigenvalue weighted by atomic mass is 9.91. The maximum atomic E-state index is 13.7. The molecule has 1 saturated heterocycles. The number of carbonyl (C=O) groups is 1. The Kier molecular flexibility index (Phi) is 7.38. The van der Waals surface area contributed by atoms with Crippen molar-refractivity contribution in [2.75, 3.05) is 23.8 Å². The molecule has 10 nitrogen and oxygen atoms in total. The third kappa shape index (κ3) is 5.85. The molecule has 1 fully saturated rings. The summed E-state index contributed by atoms with van der Waals surface area (Å²) in [6.07, 6.45) is 3.87. The van der Waals surface area contributed by atoms with E-state index in [9.17, 15) is 13.6 Å². The van der Waals surface area contributed by atoms with Crippen LogP contribution in [0, 0.1) is 17.0 Å². The van der Waals surface area contributed by atoms with Crippen LogP contribution in [0.5, 0.6) is 0 Å². The molecule has 3 N–H and O–H groups in total. The molecule has 1 aliphatic heterocycles. The van der Waals surface area contributed by atoms with E-state index in [0.29, 0.717) is 39.8 Å². The number of nitrogens with one attached hydrogen (secondary N) is 3. The van der Waals surface area contributed by atoms with E-state index in [0.717, 1.165) is 0 Å². The van der Waals surface area contributed by atoms with E-state index >= 15 is 0 Å². The molecule has 0 bridgehead atoms. The molecule has 6 rings (SSSR count). The van der Waals surface area contributed by atoms with E-state index < -0.39 is 11.7 Å². The van der Waals surface area contributed by atoms with Crippen molar-refractivity contribution in [2.24, 2.45) is 5.41 Å². The number of pyridine rings is 1. The first-order chi connectivity index (χ1) is 20.4. The molecule has 5 aromatic rings. The number of aromatic nitrogens is 5. The number of nitrogens with zero attached hydrogens (tertiary/aromatic N) is 4. The number of H-pyrrole nitrogens is 1. The van der Waals surface area contributed by atoms with Crippen molar-refractivity contribution in [1.82, 2.24) is 24.9 Å². The number of ether oxygens (including phenoxy) is 2. The topological polar surface area (TPSA) is 127 Å². The fourth-order valence-electron chi connectivity index (χ4n) is 4.34. The van der Waals surface area contributed by atoms with E-state index in [-0.39, 0.29) is 36.7 Å². The number of carbonyl (C=O) groups excluding carboxylic acids is 1. The number of aromatic amines is 1. The standard InChI is InChI=1S/C30H25F2N7O3/c1-30(28(40)35-22-10-13-33-14-11-22)16-41-27(42-17-30)26-38-24(18-2-4-19(31)5-3-18)25(39-26)23-12-15-34-29(37-23)36-21-8-6-20(32)7-9-21/h2-15,27H,16-17H2,1H3,(H,38,39)(H,33,35,40)(H,34,36,37). The molecule has 1 amide bonds. The van der Waals surface area contributed by atoms with E-state index in [1.54, 1.807) is 68.0 Å². The number of rotatable bonds is 7. The quantitative estimate of drug-likeness (QED) is 0.230. The largest absolute Gasteiger partial charge is 0.345 e. The van der Waals surface area contributed by atoms with Gasteiger partial charge < -0.3 is 25.1 Å². The molecule has 212 valence electrons. The van der Waals surface area contributed by atoms with Crippen molar-refractivity contribution < 1.29 is 23.0 Å². The lowest BCUT2D eigenvalue weighted by molar-refractivity contribution is -0.229. The number of hydrogen-bond donors (Lipinski definition) is 3. The second kappa shape index (κ2) is 11.4. The van der Waals surface area contributed by atoms with Gasteiger partial charge in [-0.1, -0.05) is 0 Å². The van der Waals surface area contributed by atoms with Gasteiger partial charge in [0.1, 0.15) is 11.6 Å². The molecule has 2 aromatic carbocycles. The van der Waals surface area contributed by atoms with Gasteiger partial charge in [0, 0.05) is 35.5 Å². The molecule has 1 aliphatic rings. The average molecular weight is 570 g/mol. The summed E-state index contributed by atoms with van der Waals surface area (Å²) in [6.45, 7) is 1.92. The minimum absolute atomic E-state index is 0.0791. The first kappa shape index (κ1) is 27.1. The zero-order valence-corrected chi connectivity index (χ0v) is 22.3. The van der Waals surface area contributed by atoms with Crippen molar-refractivity contribution in [3.63, 3.8) is 0 Å². The number of benzene rings is 2. The van der Waals surface area contributed by atoms with Gasteiger partial charge in [-0.2, -0.15) is 0 Å². The highest BCUT2D eigenvalue weighted by molar-refractivity contribution is 5.95. The van der Waals surface area contributed by atoms with Crippen LogP contribution in [-0.4, -0.2) is 44.0 Å². The zero-order valence-electron chi connectivity index (χ0n) is 22.3. The molecule has 42 heavy (non-hydrogen) atoms. The van der Waals surface area contributed by atoms with E-state index in [2.05, 4.69) is 30.6 Å². The van der Waals surface area contributed by atoms with Crippen LogP contribution in [0.3, 0.4) is 0 Å². The van der Waals surface area contributed by atoms with Gasteiger partial charge in [-0.3, -0.25) is 9.78 Å². The smallest absolute Gasteiger partial charge is 0.235 e. The molecule has 0 aliphatic carbocycles. The van der Waals surface area contributed by atoms with Crippen molar-refractivity contribution in [2.45, 2.75) is 13.2 Å². The highest BCUT2D eigenvalue weighted by atomic mass is 19.1. The van der Waals surface area contributed by atoms with Crippen LogP contribution >= 0.6 is 0 Å². The Morgan fingerprint density at radius 2 is 1.55 bits per heavy atom. The Hall–Kier alpha value is -5.07. The summed E-state index contributed by atoms with van der Waals surface area (Å²) in [5.74, 6) is -0.353. The second-order valence-electron chi connectivity index (χ2n) is 9.95. The van der Waals surface area contributed by atoms with Crippen LogP contribution in [0.15, 0.2) is 85.3 Å². The van der Waals surface area contributed by atoms with Crippen LogP contribution in [0.1, 0.15) is 19.0 Å². The highest BCUT2D eigenvalue weighted by Crippen LogP contribution is 2.36. The molecular formula is C30H25F2N7O3. The number of amides is 1. The molecular weight excluding hydrogens is 544 g/mol. The molecule has 0 atom stereocenters. The van der Waals surface area contributed by atoms with Crippen molar-refractivity contribution in [1.29, 1.82) is 0 Å². The van der Waals surface area contributed by atoms with Gasteiger partial charge in [0.25, 0.3) is 0 Å². The fourth-order valence-corrected chi connectivity index (χ4v) is 4.34. The van der Waals surface area contributed by atoms with Gasteiger partial charge in [-0.05, 0) is 73.7 Å². The summed E-state index contributed by atoms with van der Waals surface area (Å²) < 4.78 is 39.0. The van der Waals surface area contributed by atoms with Crippen LogP contribution in [-0.2, 0) is 14.3 Å². The van der Waals surface area contributed by atoms with Crippen LogP contribution < -0.4 is 10.6 Å². The van der Waals surface area contributed by atoms with E-state index in [4.69, 9.17) is 14.5 Å². The predicted molar refractivity (Wildman–Crippen MR) is 150 cm³/mol. The second-order valence-corrected chi connectivity index (χ2v) is 9.95. The van der Waals surface area contributed by atoms with Crippen LogP contribution in [0.4, 0.5) is 26.1 Å². The summed E-state index contributed by atoms with van der Waals surface area (Å²) >= 11 is 0. The highest BCUT2D eigenvalue weighted by Gasteiger charge is 2.41. The van der Waals surface area contributed by atoms with E-state index in [1.807, 2.05) is 0 Å². The van der Waals surface area contributed by atoms with Crippen molar-refractivity contribution in [3.05, 3.63) is 103 Å². The Labute approximate surface area is 239 Å². The predicted octanol–water partition coefficient (Wildman–Crippen LogP) is 5.64. The van der Waals surface area contributed by atoms with Gasteiger partial charge in [0.15, 0.2) is 5.82 Å². The molecule has 4 heterocycles. The monoisotopic (exact) mass is 569 g/mol. The SMILES string of the molecule is CC1(C(=O)Nc2ccncc2)COC(c2nc(-c3ccc(F)cc3)c(-c3ccnc(Nc4ccc(F)cc4)n3)[nH]2)OC1. The van der Waals surface area contributed by atoms with Gasteiger partial charge in [0.2, 0.25) is 18.1 Å². The summed E-state index contributed by atoms with van der Waals surface area (Å²) in [4.78, 5) is 33.8. The van der Waals surface area contributed by atoms with Crippen LogP contribution in [0.2, 0.25) is 0 Å². The maximum absolute atomic E-state index is 13.7. The molecule has 0 spiro atoms. The van der Waals surface area contributed by atoms with Crippen molar-refractivity contribution in [3.8, 4) is 22.6 Å².